The molecule has 0 atom stereocenters. The number of fused-ring (bicyclic) bond motifs is 1. The third-order valence-electron chi connectivity index (χ3n) is 2.50. The van der Waals surface area contributed by atoms with Crippen LogP contribution in [0.4, 0.5) is 0 Å². The lowest BCUT2D eigenvalue weighted by molar-refractivity contribution is -0.132. The van der Waals surface area contributed by atoms with Crippen molar-refractivity contribution in [2.75, 3.05) is 20.8 Å². The Morgan fingerprint density at radius 1 is 1.29 bits per heavy atom. The van der Waals surface area contributed by atoms with Gasteiger partial charge in [-0.05, 0) is 12.1 Å². The molecule has 0 saturated carbocycles. The van der Waals surface area contributed by atoms with Crippen molar-refractivity contribution in [3.05, 3.63) is 23.3 Å². The van der Waals surface area contributed by atoms with E-state index in [0.717, 1.165) is 0 Å². The number of aliphatic carboxylic acids is 1. The van der Waals surface area contributed by atoms with Gasteiger partial charge < -0.3 is 19.3 Å². The Labute approximate surface area is 98.2 Å². The van der Waals surface area contributed by atoms with E-state index in [0.29, 0.717) is 22.8 Å². The van der Waals surface area contributed by atoms with Crippen molar-refractivity contribution >= 4 is 12.0 Å². The summed E-state index contributed by atoms with van der Waals surface area (Å²) in [4.78, 5) is 10.8. The largest absolute Gasteiger partial charge is 0.493 e. The molecule has 90 valence electrons. The second kappa shape index (κ2) is 4.37. The van der Waals surface area contributed by atoms with Crippen LogP contribution in [0.25, 0.3) is 6.08 Å². The fourth-order valence-electron chi connectivity index (χ4n) is 1.62. The number of hydrogen-bond acceptors (Lipinski definition) is 4. The Bertz CT molecular complexity index is 490. The molecule has 0 radical (unpaired) electrons. The van der Waals surface area contributed by atoms with Crippen molar-refractivity contribution in [1.82, 2.24) is 0 Å². The second-order valence-electron chi connectivity index (χ2n) is 3.51. The third-order valence-corrected chi connectivity index (χ3v) is 2.50. The number of ether oxygens (including phenoxy) is 3. The van der Waals surface area contributed by atoms with E-state index in [-0.39, 0.29) is 12.2 Å². The predicted molar refractivity (Wildman–Crippen MR) is 60.7 cm³/mol. The summed E-state index contributed by atoms with van der Waals surface area (Å²) >= 11 is 0. The Morgan fingerprint density at radius 2 is 1.94 bits per heavy atom. The van der Waals surface area contributed by atoms with Crippen molar-refractivity contribution in [2.24, 2.45) is 0 Å². The van der Waals surface area contributed by atoms with Gasteiger partial charge in [-0.25, -0.2) is 4.79 Å². The molecular formula is C12H12O5. The zero-order valence-electron chi connectivity index (χ0n) is 9.52. The molecule has 1 aliphatic rings. The highest BCUT2D eigenvalue weighted by molar-refractivity contribution is 5.94. The van der Waals surface area contributed by atoms with Gasteiger partial charge in [0, 0.05) is 11.6 Å². The quantitative estimate of drug-likeness (QED) is 0.862. The summed E-state index contributed by atoms with van der Waals surface area (Å²) in [6.07, 6.45) is 1.57. The molecule has 1 heterocycles. The molecule has 17 heavy (non-hydrogen) atoms. The highest BCUT2D eigenvalue weighted by Crippen LogP contribution is 2.37. The van der Waals surface area contributed by atoms with Crippen LogP contribution in [0.1, 0.15) is 5.56 Å². The van der Waals surface area contributed by atoms with Gasteiger partial charge in [0.15, 0.2) is 11.5 Å². The monoisotopic (exact) mass is 236 g/mol. The maximum absolute atomic E-state index is 10.8. The molecule has 5 heteroatoms. The molecule has 1 aromatic rings. The molecule has 1 N–H and O–H groups in total. The maximum Gasteiger partial charge on any atom is 0.335 e. The van der Waals surface area contributed by atoms with Crippen LogP contribution in [0.5, 0.6) is 17.2 Å². The highest BCUT2D eigenvalue weighted by Gasteiger charge is 2.19. The average molecular weight is 236 g/mol. The van der Waals surface area contributed by atoms with E-state index in [4.69, 9.17) is 19.3 Å². The van der Waals surface area contributed by atoms with Crippen molar-refractivity contribution in [2.45, 2.75) is 0 Å². The molecule has 0 fully saturated rings. The average Bonchev–Trinajstić information content (AvgIpc) is 2.36. The van der Waals surface area contributed by atoms with Crippen LogP contribution in [0.2, 0.25) is 0 Å². The third kappa shape index (κ3) is 2.04. The van der Waals surface area contributed by atoms with Crippen molar-refractivity contribution in [1.29, 1.82) is 0 Å². The molecule has 0 aliphatic carbocycles. The number of benzene rings is 1. The molecule has 0 aromatic heterocycles. The number of hydrogen-bond donors (Lipinski definition) is 1. The first-order valence-electron chi connectivity index (χ1n) is 4.98. The minimum atomic E-state index is -0.981. The molecule has 0 saturated heterocycles. The molecule has 1 aromatic carbocycles. The summed E-state index contributed by atoms with van der Waals surface area (Å²) in [7, 11) is 3.06. The highest BCUT2D eigenvalue weighted by atomic mass is 16.5. The Kier molecular flexibility index (Phi) is 2.91. The first kappa shape index (κ1) is 11.3. The van der Waals surface area contributed by atoms with E-state index >= 15 is 0 Å². The first-order chi connectivity index (χ1) is 8.15. The van der Waals surface area contributed by atoms with E-state index in [9.17, 15) is 4.79 Å². The number of carboxylic acid groups (broad SMARTS) is 1. The Balaban J connectivity index is 2.49. The van der Waals surface area contributed by atoms with Crippen molar-refractivity contribution in [3.63, 3.8) is 0 Å². The SMILES string of the molecule is COc1cc2c(cc1OC)OCC(C(=O)O)=C2. The summed E-state index contributed by atoms with van der Waals surface area (Å²) in [5, 5.41) is 8.89. The number of methoxy groups -OCH3 is 2. The number of carboxylic acids is 1. The van der Waals surface area contributed by atoms with E-state index in [1.807, 2.05) is 0 Å². The second-order valence-corrected chi connectivity index (χ2v) is 3.51. The molecule has 0 spiro atoms. The molecule has 5 nitrogen and oxygen atoms in total. The lowest BCUT2D eigenvalue weighted by atomic mass is 10.1. The zero-order chi connectivity index (χ0) is 12.4. The molecule has 0 amide bonds. The molecular weight excluding hydrogens is 224 g/mol. The predicted octanol–water partition coefficient (Wildman–Crippen LogP) is 1.56. The van der Waals surface area contributed by atoms with Gasteiger partial charge in [0.2, 0.25) is 0 Å². The normalized spacial score (nSPS) is 13.2. The van der Waals surface area contributed by atoms with Gasteiger partial charge in [0.05, 0.1) is 19.8 Å². The lowest BCUT2D eigenvalue weighted by Crippen LogP contribution is -2.14. The van der Waals surface area contributed by atoms with Crippen LogP contribution in [0.3, 0.4) is 0 Å². The van der Waals surface area contributed by atoms with Crippen LogP contribution >= 0.6 is 0 Å². The van der Waals surface area contributed by atoms with Crippen LogP contribution < -0.4 is 14.2 Å². The van der Waals surface area contributed by atoms with Gasteiger partial charge >= 0.3 is 5.97 Å². The summed E-state index contributed by atoms with van der Waals surface area (Å²) in [5.74, 6) is 0.703. The van der Waals surface area contributed by atoms with Crippen LogP contribution in [0, 0.1) is 0 Å². The Hall–Kier alpha value is -2.17. The van der Waals surface area contributed by atoms with Crippen molar-refractivity contribution in [3.8, 4) is 17.2 Å². The van der Waals surface area contributed by atoms with Gasteiger partial charge in [0.1, 0.15) is 12.4 Å². The van der Waals surface area contributed by atoms with E-state index in [2.05, 4.69) is 0 Å². The van der Waals surface area contributed by atoms with Gasteiger partial charge in [-0.2, -0.15) is 0 Å². The maximum atomic E-state index is 10.8. The number of rotatable bonds is 3. The summed E-state index contributed by atoms with van der Waals surface area (Å²) in [6, 6.07) is 3.37. The van der Waals surface area contributed by atoms with E-state index in [1.165, 1.54) is 14.2 Å². The van der Waals surface area contributed by atoms with Crippen LogP contribution in [-0.2, 0) is 4.79 Å². The minimum absolute atomic E-state index is 0.0534. The summed E-state index contributed by atoms with van der Waals surface area (Å²) < 4.78 is 15.6. The van der Waals surface area contributed by atoms with Gasteiger partial charge in [0.25, 0.3) is 0 Å². The molecule has 0 unspecified atom stereocenters. The fraction of sp³-hybridized carbons (Fsp3) is 0.250. The van der Waals surface area contributed by atoms with E-state index < -0.39 is 5.97 Å². The molecule has 2 rings (SSSR count). The van der Waals surface area contributed by atoms with E-state index in [1.54, 1.807) is 18.2 Å². The van der Waals surface area contributed by atoms with Gasteiger partial charge in [-0.1, -0.05) is 0 Å². The molecule has 1 aliphatic heterocycles. The number of carbonyl (C=O) groups is 1. The fourth-order valence-corrected chi connectivity index (χ4v) is 1.62. The summed E-state index contributed by atoms with van der Waals surface area (Å²) in [5.41, 5.74) is 0.885. The van der Waals surface area contributed by atoms with Gasteiger partial charge in [-0.15, -0.1) is 0 Å². The van der Waals surface area contributed by atoms with Crippen LogP contribution in [-0.4, -0.2) is 31.9 Å². The van der Waals surface area contributed by atoms with Gasteiger partial charge in [-0.3, -0.25) is 0 Å². The Morgan fingerprint density at radius 3 is 2.53 bits per heavy atom. The zero-order valence-corrected chi connectivity index (χ0v) is 9.52. The first-order valence-corrected chi connectivity index (χ1v) is 4.98. The standard InChI is InChI=1S/C12H12O5/c1-15-10-4-7-3-8(12(13)14)6-17-9(7)5-11(10)16-2/h3-5H,6H2,1-2H3,(H,13,14). The topological polar surface area (TPSA) is 65.0 Å². The smallest absolute Gasteiger partial charge is 0.335 e. The van der Waals surface area contributed by atoms with Crippen molar-refractivity contribution < 1.29 is 24.1 Å². The lowest BCUT2D eigenvalue weighted by Gasteiger charge is -2.18. The summed E-state index contributed by atoms with van der Waals surface area (Å²) in [6.45, 7) is 0.0534. The molecule has 0 bridgehead atoms. The minimum Gasteiger partial charge on any atom is -0.493 e. The van der Waals surface area contributed by atoms with Crippen LogP contribution in [0.15, 0.2) is 17.7 Å².